The number of aryl methyl sites for hydroxylation is 1. The van der Waals surface area contributed by atoms with Crippen LogP contribution in [0.1, 0.15) is 76.9 Å². The van der Waals surface area contributed by atoms with Gasteiger partial charge in [0.25, 0.3) is 0 Å². The van der Waals surface area contributed by atoms with Crippen LogP contribution in [0, 0.1) is 0 Å². The number of nitrogens with one attached hydrogen (secondary N) is 1. The summed E-state index contributed by atoms with van der Waals surface area (Å²) in [5.41, 5.74) is 1.05. The minimum absolute atomic E-state index is 0. The van der Waals surface area contributed by atoms with Crippen LogP contribution < -0.4 is 5.32 Å². The largest absolute Gasteiger partial charge is 0.508 e. The number of phenolic OH excluding ortho intramolecular Hbond substituents is 2. The molecule has 2 rings (SSSR count). The summed E-state index contributed by atoms with van der Waals surface area (Å²) in [5, 5.41) is 21.5. The second-order valence-corrected chi connectivity index (χ2v) is 7.69. The van der Waals surface area contributed by atoms with Gasteiger partial charge in [0, 0.05) is 14.3 Å². The summed E-state index contributed by atoms with van der Waals surface area (Å²) in [6.07, 6.45) is 0.964. The van der Waals surface area contributed by atoms with E-state index in [0.29, 0.717) is 6.42 Å². The van der Waals surface area contributed by atoms with Gasteiger partial charge in [-0.25, -0.2) is 4.79 Å². The lowest BCUT2D eigenvalue weighted by molar-refractivity contribution is -0.158. The molecule has 0 spiro atoms. The van der Waals surface area contributed by atoms with Gasteiger partial charge in [-0.05, 0) is 62.6 Å². The molecule has 1 unspecified atom stereocenters. The van der Waals surface area contributed by atoms with Crippen molar-refractivity contribution >= 4 is 11.9 Å². The van der Waals surface area contributed by atoms with E-state index in [-0.39, 0.29) is 68.8 Å². The molecule has 0 aliphatic heterocycles. The molecule has 192 valence electrons. The molecule has 33 heavy (non-hydrogen) atoms. The molecule has 0 radical (unpaired) electrons. The van der Waals surface area contributed by atoms with Gasteiger partial charge in [0.1, 0.15) is 23.1 Å². The van der Waals surface area contributed by atoms with Crippen LogP contribution in [0.2, 0.25) is 0 Å². The smallest absolute Gasteiger partial charge is 0.329 e. The Hall–Kier alpha value is -3.02. The summed E-state index contributed by atoms with van der Waals surface area (Å²) in [5.74, 6) is -0.455. The number of rotatable bonds is 7. The number of carbonyl (C=O) groups excluding carboxylic acids is 2. The minimum atomic E-state index is -0.823. The lowest BCUT2D eigenvalue weighted by Gasteiger charge is -2.24. The molecule has 0 bridgehead atoms. The van der Waals surface area contributed by atoms with E-state index in [0.717, 1.165) is 11.1 Å². The molecule has 0 fully saturated rings. The van der Waals surface area contributed by atoms with Crippen molar-refractivity contribution in [3.8, 4) is 11.5 Å². The van der Waals surface area contributed by atoms with Gasteiger partial charge in [-0.3, -0.25) is 4.79 Å². The topological polar surface area (TPSA) is 95.9 Å². The first-order chi connectivity index (χ1) is 13.1. The van der Waals surface area contributed by atoms with E-state index < -0.39 is 17.6 Å². The van der Waals surface area contributed by atoms with E-state index in [4.69, 9.17) is 4.74 Å². The molecule has 2 aromatic carbocycles. The Morgan fingerprint density at radius 3 is 1.70 bits per heavy atom. The number of phenols is 2. The molecular weight excluding hydrogens is 418 g/mol. The van der Waals surface area contributed by atoms with Crippen molar-refractivity contribution in [2.45, 2.75) is 88.8 Å². The van der Waals surface area contributed by atoms with Crippen molar-refractivity contribution in [3.05, 3.63) is 59.7 Å². The number of carbonyl (C=O) groups is 2. The van der Waals surface area contributed by atoms with Crippen molar-refractivity contribution in [1.29, 1.82) is 0 Å². The Morgan fingerprint density at radius 1 is 0.848 bits per heavy atom. The Morgan fingerprint density at radius 2 is 1.27 bits per heavy atom. The molecule has 6 heteroatoms. The molecule has 0 aliphatic rings. The summed E-state index contributed by atoms with van der Waals surface area (Å²) in [6.45, 7) is 5.32. The third kappa shape index (κ3) is 13.9. The summed E-state index contributed by atoms with van der Waals surface area (Å²) >= 11 is 0. The highest BCUT2D eigenvalue weighted by atomic mass is 16.6. The van der Waals surface area contributed by atoms with Crippen LogP contribution in [0.4, 0.5) is 0 Å². The minimum Gasteiger partial charge on any atom is -0.508 e. The van der Waals surface area contributed by atoms with Gasteiger partial charge in [0.2, 0.25) is 5.91 Å². The Kier molecular flexibility index (Phi) is 18.8. The fraction of sp³-hybridized carbons (Fsp3) is 0.481. The molecule has 2 aromatic rings. The Labute approximate surface area is 203 Å². The normalized spacial score (nSPS) is 10.4. The standard InChI is InChI=1S/C22H27NO5.5CH4.H2/c1-22(2,3)28-21(27)19(14-16-6-11-18(25)12-7-16)23-20(26)13-8-15-4-9-17(24)10-5-15;;;;;;/h4-7,9-12,19,24-25H,8,13-14H2,1-3H3,(H,23,26);5*1H4;1H. The third-order valence-electron chi connectivity index (χ3n) is 3.98. The van der Waals surface area contributed by atoms with E-state index in [1.54, 1.807) is 57.2 Å². The zero-order chi connectivity index (χ0) is 20.7. The fourth-order valence-corrected chi connectivity index (χ4v) is 2.62. The number of benzene rings is 2. The number of ether oxygens (including phenoxy) is 1. The first-order valence-electron chi connectivity index (χ1n) is 9.20. The highest BCUT2D eigenvalue weighted by molar-refractivity contribution is 5.85. The van der Waals surface area contributed by atoms with E-state index in [1.165, 1.54) is 12.1 Å². The molecule has 6 nitrogen and oxygen atoms in total. The SMILES string of the molecule is C.C.C.C.C.CC(C)(C)OC(=O)C(Cc1ccc(O)cc1)NC(=O)CCc1ccc(O)cc1.[HH]. The zero-order valence-corrected chi connectivity index (χ0v) is 16.4. The first-order valence-corrected chi connectivity index (χ1v) is 9.20. The Balaban J connectivity index is -0.000000467. The van der Waals surface area contributed by atoms with Gasteiger partial charge in [-0.15, -0.1) is 0 Å². The molecule has 0 aromatic heterocycles. The van der Waals surface area contributed by atoms with Crippen LogP contribution in [-0.2, 0) is 27.2 Å². The van der Waals surface area contributed by atoms with Crippen molar-refractivity contribution in [1.82, 2.24) is 5.32 Å². The summed E-state index contributed by atoms with van der Waals surface area (Å²) in [7, 11) is 0. The average molecular weight is 468 g/mol. The van der Waals surface area contributed by atoms with Gasteiger partial charge in [0.15, 0.2) is 0 Å². The highest BCUT2D eigenvalue weighted by Gasteiger charge is 2.27. The molecular formula is C27H49NO5. The third-order valence-corrected chi connectivity index (χ3v) is 3.98. The van der Waals surface area contributed by atoms with Crippen molar-refractivity contribution < 1.29 is 26.0 Å². The monoisotopic (exact) mass is 467 g/mol. The number of hydrogen-bond acceptors (Lipinski definition) is 5. The zero-order valence-electron chi connectivity index (χ0n) is 16.4. The Bertz CT molecular complexity index is 799. The van der Waals surface area contributed by atoms with Crippen molar-refractivity contribution in [2.75, 3.05) is 0 Å². The molecule has 0 saturated carbocycles. The van der Waals surface area contributed by atoms with E-state index in [2.05, 4.69) is 5.32 Å². The van der Waals surface area contributed by atoms with Crippen LogP contribution >= 0.6 is 0 Å². The lowest BCUT2D eigenvalue weighted by Crippen LogP contribution is -2.45. The molecule has 0 aliphatic carbocycles. The van der Waals surface area contributed by atoms with Crippen LogP contribution in [0.3, 0.4) is 0 Å². The van der Waals surface area contributed by atoms with Crippen LogP contribution in [-0.4, -0.2) is 33.7 Å². The number of aromatic hydroxyl groups is 2. The van der Waals surface area contributed by atoms with Crippen LogP contribution in [0.15, 0.2) is 48.5 Å². The predicted molar refractivity (Wildman–Crippen MR) is 142 cm³/mol. The van der Waals surface area contributed by atoms with Gasteiger partial charge in [-0.1, -0.05) is 61.4 Å². The maximum atomic E-state index is 12.6. The van der Waals surface area contributed by atoms with E-state index in [1.807, 2.05) is 0 Å². The second-order valence-electron chi connectivity index (χ2n) is 7.69. The predicted octanol–water partition coefficient (Wildman–Crippen LogP) is 6.53. The summed E-state index contributed by atoms with van der Waals surface area (Å²) in [6, 6.07) is 12.3. The fourth-order valence-electron chi connectivity index (χ4n) is 2.62. The molecule has 3 N–H and O–H groups in total. The lowest BCUT2D eigenvalue weighted by atomic mass is 10.0. The van der Waals surface area contributed by atoms with Gasteiger partial charge < -0.3 is 20.3 Å². The molecule has 1 atom stereocenters. The molecule has 0 heterocycles. The van der Waals surface area contributed by atoms with E-state index >= 15 is 0 Å². The van der Waals surface area contributed by atoms with Gasteiger partial charge in [0.05, 0.1) is 0 Å². The number of esters is 1. The van der Waals surface area contributed by atoms with E-state index in [9.17, 15) is 19.8 Å². The first kappa shape index (κ1) is 37.3. The van der Waals surface area contributed by atoms with Gasteiger partial charge >= 0.3 is 5.97 Å². The number of amides is 1. The highest BCUT2D eigenvalue weighted by Crippen LogP contribution is 2.15. The van der Waals surface area contributed by atoms with Crippen LogP contribution in [0.5, 0.6) is 11.5 Å². The summed E-state index contributed by atoms with van der Waals surface area (Å²) < 4.78 is 5.44. The maximum Gasteiger partial charge on any atom is 0.329 e. The molecule has 0 saturated heterocycles. The van der Waals surface area contributed by atoms with Crippen molar-refractivity contribution in [3.63, 3.8) is 0 Å². The maximum absolute atomic E-state index is 12.6. The molecule has 1 amide bonds. The number of hydrogen-bond donors (Lipinski definition) is 3. The quantitative estimate of drug-likeness (QED) is 0.403. The average Bonchev–Trinajstić information content (AvgIpc) is 2.61. The second kappa shape index (κ2) is 16.6. The van der Waals surface area contributed by atoms with Gasteiger partial charge in [-0.2, -0.15) is 0 Å². The van der Waals surface area contributed by atoms with Crippen LogP contribution in [0.25, 0.3) is 0 Å². The van der Waals surface area contributed by atoms with Crippen molar-refractivity contribution in [2.24, 2.45) is 0 Å². The summed E-state index contributed by atoms with van der Waals surface area (Å²) in [4.78, 5) is 25.0.